The number of thiophene rings is 1. The van der Waals surface area contributed by atoms with Gasteiger partial charge in [0.05, 0.1) is 12.6 Å². The molecule has 0 aromatic carbocycles. The summed E-state index contributed by atoms with van der Waals surface area (Å²) in [5.74, 6) is -1.35. The summed E-state index contributed by atoms with van der Waals surface area (Å²) in [4.78, 5) is 22.9. The molecule has 0 radical (unpaired) electrons. The van der Waals surface area contributed by atoms with E-state index < -0.39 is 11.2 Å². The number of carbonyl (C=O) groups is 2. The van der Waals surface area contributed by atoms with E-state index in [-0.39, 0.29) is 12.3 Å². The SMILES string of the molecule is O=C(O)C[C@@H]1S/C(=N\N=C/c2cccs2)NC1=O. The highest BCUT2D eigenvalue weighted by atomic mass is 32.2. The number of amidine groups is 1. The third kappa shape index (κ3) is 3.41. The molecular weight excluding hydrogens is 274 g/mol. The van der Waals surface area contributed by atoms with E-state index in [1.165, 1.54) is 11.3 Å². The molecule has 94 valence electrons. The van der Waals surface area contributed by atoms with Gasteiger partial charge in [0, 0.05) is 4.88 Å². The topological polar surface area (TPSA) is 91.1 Å². The van der Waals surface area contributed by atoms with E-state index in [0.717, 1.165) is 16.6 Å². The van der Waals surface area contributed by atoms with Crippen molar-refractivity contribution in [3.8, 4) is 0 Å². The van der Waals surface area contributed by atoms with Crippen LogP contribution in [0.4, 0.5) is 0 Å². The molecule has 1 amide bonds. The Morgan fingerprint density at radius 3 is 3.11 bits per heavy atom. The Morgan fingerprint density at radius 2 is 2.44 bits per heavy atom. The van der Waals surface area contributed by atoms with Crippen LogP contribution in [0.25, 0.3) is 0 Å². The minimum Gasteiger partial charge on any atom is -0.481 e. The van der Waals surface area contributed by atoms with Gasteiger partial charge in [0.15, 0.2) is 5.17 Å². The maximum Gasteiger partial charge on any atom is 0.305 e. The van der Waals surface area contributed by atoms with Gasteiger partial charge < -0.3 is 10.4 Å². The summed E-state index contributed by atoms with van der Waals surface area (Å²) in [6, 6.07) is 3.79. The number of carbonyl (C=O) groups excluding carboxylic acids is 1. The lowest BCUT2D eigenvalue weighted by molar-refractivity contribution is -0.138. The maximum absolute atomic E-state index is 11.4. The van der Waals surface area contributed by atoms with Crippen LogP contribution in [0, 0.1) is 0 Å². The van der Waals surface area contributed by atoms with E-state index in [2.05, 4.69) is 15.5 Å². The van der Waals surface area contributed by atoms with Crippen molar-refractivity contribution in [1.29, 1.82) is 0 Å². The monoisotopic (exact) mass is 283 g/mol. The van der Waals surface area contributed by atoms with Gasteiger partial charge in [0.2, 0.25) is 5.91 Å². The first-order valence-corrected chi connectivity index (χ1v) is 6.75. The molecule has 6 nitrogen and oxygen atoms in total. The summed E-state index contributed by atoms with van der Waals surface area (Å²) in [6.07, 6.45) is 1.36. The van der Waals surface area contributed by atoms with Gasteiger partial charge in [-0.2, -0.15) is 5.10 Å². The molecule has 0 aliphatic carbocycles. The molecule has 8 heteroatoms. The van der Waals surface area contributed by atoms with Crippen molar-refractivity contribution in [3.05, 3.63) is 22.4 Å². The zero-order valence-corrected chi connectivity index (χ0v) is 10.7. The van der Waals surface area contributed by atoms with Crippen LogP contribution >= 0.6 is 23.1 Å². The predicted octanol–water partition coefficient (Wildman–Crippen LogP) is 1.14. The molecule has 2 rings (SSSR count). The molecule has 0 bridgehead atoms. The van der Waals surface area contributed by atoms with Gasteiger partial charge in [0.25, 0.3) is 0 Å². The van der Waals surface area contributed by atoms with Crippen LogP contribution in [-0.4, -0.2) is 33.6 Å². The van der Waals surface area contributed by atoms with Crippen LogP contribution in [0.15, 0.2) is 27.7 Å². The summed E-state index contributed by atoms with van der Waals surface area (Å²) < 4.78 is 0. The lowest BCUT2D eigenvalue weighted by Crippen LogP contribution is -2.26. The minimum atomic E-state index is -1.01. The molecule has 2 heterocycles. The van der Waals surface area contributed by atoms with Crippen LogP contribution in [0.5, 0.6) is 0 Å². The molecule has 1 aliphatic heterocycles. The van der Waals surface area contributed by atoms with E-state index in [0.29, 0.717) is 5.17 Å². The van der Waals surface area contributed by atoms with Crippen molar-refractivity contribution in [3.63, 3.8) is 0 Å². The Labute approximate surface area is 111 Å². The van der Waals surface area contributed by atoms with Crippen LogP contribution in [0.3, 0.4) is 0 Å². The quantitative estimate of drug-likeness (QED) is 0.640. The van der Waals surface area contributed by atoms with E-state index >= 15 is 0 Å². The van der Waals surface area contributed by atoms with Crippen LogP contribution < -0.4 is 5.32 Å². The highest BCUT2D eigenvalue weighted by Gasteiger charge is 2.32. The van der Waals surface area contributed by atoms with Gasteiger partial charge in [0.1, 0.15) is 5.25 Å². The van der Waals surface area contributed by atoms with Gasteiger partial charge in [-0.05, 0) is 11.4 Å². The number of amides is 1. The van der Waals surface area contributed by atoms with Crippen molar-refractivity contribution in [1.82, 2.24) is 5.32 Å². The normalized spacial score (nSPS) is 21.7. The summed E-state index contributed by atoms with van der Waals surface area (Å²) in [7, 11) is 0. The smallest absolute Gasteiger partial charge is 0.305 e. The standard InChI is InChI=1S/C10H9N3O3S2/c14-8(15)4-7-9(16)12-10(18-7)13-11-5-6-2-1-3-17-6/h1-3,5,7H,4H2,(H,14,15)(H,12,13,16)/b11-5-/t7-/m0/s1. The third-order valence-corrected chi connectivity index (χ3v) is 3.89. The van der Waals surface area contributed by atoms with Gasteiger partial charge >= 0.3 is 5.97 Å². The molecule has 1 fully saturated rings. The maximum atomic E-state index is 11.4. The van der Waals surface area contributed by atoms with Gasteiger partial charge in [-0.3, -0.25) is 9.59 Å². The Morgan fingerprint density at radius 1 is 1.61 bits per heavy atom. The fraction of sp³-hybridized carbons (Fsp3) is 0.200. The number of nitrogens with one attached hydrogen (secondary N) is 1. The van der Waals surface area contributed by atoms with Gasteiger partial charge in [-0.1, -0.05) is 17.8 Å². The molecule has 0 saturated carbocycles. The second kappa shape index (κ2) is 5.78. The number of carboxylic acids is 1. The predicted molar refractivity (Wildman–Crippen MR) is 71.1 cm³/mol. The first kappa shape index (κ1) is 12.8. The summed E-state index contributed by atoms with van der Waals surface area (Å²) in [6.45, 7) is 0. The average Bonchev–Trinajstić information content (AvgIpc) is 2.90. The molecule has 1 aromatic heterocycles. The van der Waals surface area contributed by atoms with Crippen molar-refractivity contribution >= 4 is 46.4 Å². The van der Waals surface area contributed by atoms with E-state index in [4.69, 9.17) is 5.11 Å². The number of thioether (sulfide) groups is 1. The number of aliphatic carboxylic acids is 1. The van der Waals surface area contributed by atoms with Crippen LogP contribution in [0.1, 0.15) is 11.3 Å². The van der Waals surface area contributed by atoms with Crippen LogP contribution in [-0.2, 0) is 9.59 Å². The van der Waals surface area contributed by atoms with Crippen molar-refractivity contribution in [2.45, 2.75) is 11.7 Å². The van der Waals surface area contributed by atoms with Crippen molar-refractivity contribution in [2.75, 3.05) is 0 Å². The van der Waals surface area contributed by atoms with E-state index in [1.54, 1.807) is 6.21 Å². The van der Waals surface area contributed by atoms with E-state index in [9.17, 15) is 9.59 Å². The molecular formula is C10H9N3O3S2. The second-order valence-corrected chi connectivity index (χ2v) is 5.53. The zero-order chi connectivity index (χ0) is 13.0. The molecule has 1 aromatic rings. The number of hydrogen-bond acceptors (Lipinski definition) is 6. The first-order valence-electron chi connectivity index (χ1n) is 4.99. The van der Waals surface area contributed by atoms with E-state index in [1.807, 2.05) is 17.5 Å². The Kier molecular flexibility index (Phi) is 4.11. The molecule has 18 heavy (non-hydrogen) atoms. The molecule has 1 aliphatic rings. The lowest BCUT2D eigenvalue weighted by atomic mass is 10.3. The highest BCUT2D eigenvalue weighted by Crippen LogP contribution is 2.22. The van der Waals surface area contributed by atoms with Crippen molar-refractivity contribution in [2.24, 2.45) is 10.2 Å². The van der Waals surface area contributed by atoms with Crippen molar-refractivity contribution < 1.29 is 14.7 Å². The minimum absolute atomic E-state index is 0.218. The summed E-state index contributed by atoms with van der Waals surface area (Å²) in [5, 5.41) is 20.4. The number of carboxylic acid groups (broad SMARTS) is 1. The largest absolute Gasteiger partial charge is 0.481 e. The Bertz CT molecular complexity index is 510. The zero-order valence-electron chi connectivity index (χ0n) is 9.07. The Balaban J connectivity index is 1.95. The first-order chi connectivity index (χ1) is 8.65. The number of nitrogens with zero attached hydrogens (tertiary/aromatic N) is 2. The summed E-state index contributed by atoms with van der Waals surface area (Å²) >= 11 is 2.61. The van der Waals surface area contributed by atoms with Gasteiger partial charge in [-0.25, -0.2) is 0 Å². The second-order valence-electron chi connectivity index (χ2n) is 3.36. The van der Waals surface area contributed by atoms with Gasteiger partial charge in [-0.15, -0.1) is 16.4 Å². The summed E-state index contributed by atoms with van der Waals surface area (Å²) in [5.41, 5.74) is 0. The lowest BCUT2D eigenvalue weighted by Gasteiger charge is -1.97. The fourth-order valence-corrected chi connectivity index (χ4v) is 2.74. The molecule has 2 N–H and O–H groups in total. The number of rotatable bonds is 4. The Hall–Kier alpha value is -1.67. The number of hydrogen-bond donors (Lipinski definition) is 2. The molecule has 1 atom stereocenters. The molecule has 0 spiro atoms. The molecule has 0 unspecified atom stereocenters. The third-order valence-electron chi connectivity index (χ3n) is 2.01. The molecule has 1 saturated heterocycles. The highest BCUT2D eigenvalue weighted by molar-refractivity contribution is 8.15. The van der Waals surface area contributed by atoms with Crippen LogP contribution in [0.2, 0.25) is 0 Å². The average molecular weight is 283 g/mol. The fourth-order valence-electron chi connectivity index (χ4n) is 1.25.